The predicted molar refractivity (Wildman–Crippen MR) is 71.7 cm³/mol. The molecule has 0 heterocycles. The Kier molecular flexibility index (Phi) is 4.58. The Balaban J connectivity index is 2.80. The monoisotopic (exact) mass is 236 g/mol. The van der Waals surface area contributed by atoms with Gasteiger partial charge in [0, 0.05) is 0 Å². The van der Waals surface area contributed by atoms with E-state index in [4.69, 9.17) is 4.74 Å². The molecule has 1 unspecified atom stereocenters. The van der Waals surface area contributed by atoms with E-state index in [0.29, 0.717) is 18.9 Å². The van der Waals surface area contributed by atoms with Crippen molar-refractivity contribution in [2.75, 3.05) is 6.61 Å². The van der Waals surface area contributed by atoms with Crippen LogP contribution in [0.5, 0.6) is 5.75 Å². The van der Waals surface area contributed by atoms with E-state index in [1.165, 1.54) is 5.56 Å². The Hall–Kier alpha value is -1.02. The second-order valence-electron chi connectivity index (χ2n) is 5.32. The normalized spacial score (nSPS) is 14.8. The minimum Gasteiger partial charge on any atom is -0.490 e. The molecule has 0 fully saturated rings. The highest BCUT2D eigenvalue weighted by atomic mass is 16.5. The van der Waals surface area contributed by atoms with Crippen LogP contribution in [0.4, 0.5) is 0 Å². The Morgan fingerprint density at radius 2 is 2.00 bits per heavy atom. The summed E-state index contributed by atoms with van der Waals surface area (Å²) in [6.07, 6.45) is 0.690. The van der Waals surface area contributed by atoms with Gasteiger partial charge in [-0.15, -0.1) is 0 Å². The standard InChI is InChI=1S/C15H24O2/c1-6-15(5,16)10-17-14-9-13(11(2)3)8-7-12(14)4/h7-9,11,16H,6,10H2,1-5H3. The maximum absolute atomic E-state index is 9.93. The quantitative estimate of drug-likeness (QED) is 0.845. The molecule has 1 N–H and O–H groups in total. The van der Waals surface area contributed by atoms with Crippen molar-refractivity contribution in [3.63, 3.8) is 0 Å². The Labute approximate surface area is 105 Å². The number of hydrogen-bond acceptors (Lipinski definition) is 2. The molecule has 0 spiro atoms. The zero-order valence-electron chi connectivity index (χ0n) is 11.6. The van der Waals surface area contributed by atoms with Gasteiger partial charge in [0.25, 0.3) is 0 Å². The molecule has 1 atom stereocenters. The number of hydrogen-bond donors (Lipinski definition) is 1. The summed E-state index contributed by atoms with van der Waals surface area (Å²) in [5.74, 6) is 1.37. The number of aliphatic hydroxyl groups is 1. The maximum Gasteiger partial charge on any atom is 0.122 e. The first-order chi connectivity index (χ1) is 7.85. The number of rotatable bonds is 5. The van der Waals surface area contributed by atoms with Crippen LogP contribution < -0.4 is 4.74 Å². The average molecular weight is 236 g/mol. The van der Waals surface area contributed by atoms with Gasteiger partial charge < -0.3 is 9.84 Å². The summed E-state index contributed by atoms with van der Waals surface area (Å²) in [6.45, 7) is 10.5. The molecule has 1 aromatic carbocycles. The maximum atomic E-state index is 9.93. The lowest BCUT2D eigenvalue weighted by atomic mass is 10.0. The molecule has 0 radical (unpaired) electrons. The smallest absolute Gasteiger partial charge is 0.122 e. The van der Waals surface area contributed by atoms with Gasteiger partial charge in [0.2, 0.25) is 0 Å². The van der Waals surface area contributed by atoms with Crippen molar-refractivity contribution in [2.24, 2.45) is 0 Å². The van der Waals surface area contributed by atoms with E-state index < -0.39 is 5.60 Å². The summed E-state index contributed by atoms with van der Waals surface area (Å²) in [5, 5.41) is 9.93. The lowest BCUT2D eigenvalue weighted by Crippen LogP contribution is -2.31. The van der Waals surface area contributed by atoms with Gasteiger partial charge in [0.1, 0.15) is 12.4 Å². The molecule has 0 amide bonds. The molecule has 1 rings (SSSR count). The van der Waals surface area contributed by atoms with E-state index in [0.717, 1.165) is 11.3 Å². The van der Waals surface area contributed by atoms with Crippen LogP contribution >= 0.6 is 0 Å². The van der Waals surface area contributed by atoms with Crippen molar-refractivity contribution < 1.29 is 9.84 Å². The Morgan fingerprint density at radius 3 is 2.53 bits per heavy atom. The Morgan fingerprint density at radius 1 is 1.35 bits per heavy atom. The predicted octanol–water partition coefficient (Wildman–Crippen LogP) is 3.66. The second-order valence-corrected chi connectivity index (χ2v) is 5.32. The largest absolute Gasteiger partial charge is 0.490 e. The van der Waals surface area contributed by atoms with Gasteiger partial charge in [-0.2, -0.15) is 0 Å². The molecule has 0 saturated carbocycles. The van der Waals surface area contributed by atoms with Crippen molar-refractivity contribution in [1.82, 2.24) is 0 Å². The summed E-state index contributed by atoms with van der Waals surface area (Å²) in [7, 11) is 0. The molecule has 0 aliphatic carbocycles. The third-order valence-corrected chi connectivity index (χ3v) is 3.18. The fourth-order valence-electron chi connectivity index (χ4n) is 1.47. The molecule has 96 valence electrons. The van der Waals surface area contributed by atoms with E-state index in [1.807, 2.05) is 13.8 Å². The van der Waals surface area contributed by atoms with E-state index in [9.17, 15) is 5.11 Å². The van der Waals surface area contributed by atoms with Crippen molar-refractivity contribution in [2.45, 2.75) is 52.6 Å². The second kappa shape index (κ2) is 5.54. The third kappa shape index (κ3) is 4.04. The lowest BCUT2D eigenvalue weighted by Gasteiger charge is -2.22. The molecule has 0 saturated heterocycles. The molecule has 0 aliphatic rings. The van der Waals surface area contributed by atoms with Gasteiger partial charge in [-0.3, -0.25) is 0 Å². The van der Waals surface area contributed by atoms with Gasteiger partial charge in [0.05, 0.1) is 5.60 Å². The van der Waals surface area contributed by atoms with Crippen LogP contribution in [0.2, 0.25) is 0 Å². The van der Waals surface area contributed by atoms with Crippen LogP contribution in [-0.2, 0) is 0 Å². The fraction of sp³-hybridized carbons (Fsp3) is 0.600. The molecule has 2 nitrogen and oxygen atoms in total. The molecule has 0 aromatic heterocycles. The zero-order chi connectivity index (χ0) is 13.1. The van der Waals surface area contributed by atoms with Gasteiger partial charge in [-0.1, -0.05) is 32.9 Å². The molecule has 1 aromatic rings. The van der Waals surface area contributed by atoms with Crippen LogP contribution in [0.15, 0.2) is 18.2 Å². The zero-order valence-corrected chi connectivity index (χ0v) is 11.6. The van der Waals surface area contributed by atoms with Gasteiger partial charge in [-0.25, -0.2) is 0 Å². The fourth-order valence-corrected chi connectivity index (χ4v) is 1.47. The third-order valence-electron chi connectivity index (χ3n) is 3.18. The van der Waals surface area contributed by atoms with Crippen molar-refractivity contribution in [3.05, 3.63) is 29.3 Å². The molecular weight excluding hydrogens is 212 g/mol. The SMILES string of the molecule is CCC(C)(O)COc1cc(C(C)C)ccc1C. The van der Waals surface area contributed by atoms with Crippen LogP contribution in [0.3, 0.4) is 0 Å². The summed E-state index contributed by atoms with van der Waals surface area (Å²) in [6, 6.07) is 6.28. The summed E-state index contributed by atoms with van der Waals surface area (Å²) >= 11 is 0. The summed E-state index contributed by atoms with van der Waals surface area (Å²) < 4.78 is 5.73. The van der Waals surface area contributed by atoms with Gasteiger partial charge in [-0.05, 0) is 43.4 Å². The van der Waals surface area contributed by atoms with Crippen molar-refractivity contribution in [3.8, 4) is 5.75 Å². The molecule has 17 heavy (non-hydrogen) atoms. The van der Waals surface area contributed by atoms with Crippen LogP contribution in [0, 0.1) is 6.92 Å². The van der Waals surface area contributed by atoms with E-state index in [2.05, 4.69) is 32.0 Å². The molecular formula is C15H24O2. The Bertz CT molecular complexity index is 367. The van der Waals surface area contributed by atoms with Crippen molar-refractivity contribution in [1.29, 1.82) is 0 Å². The summed E-state index contributed by atoms with van der Waals surface area (Å²) in [5.41, 5.74) is 1.63. The number of benzene rings is 1. The van der Waals surface area contributed by atoms with Crippen LogP contribution in [-0.4, -0.2) is 17.3 Å². The lowest BCUT2D eigenvalue weighted by molar-refractivity contribution is 0.00825. The highest BCUT2D eigenvalue weighted by molar-refractivity contribution is 5.37. The molecule has 0 aliphatic heterocycles. The first kappa shape index (κ1) is 14.0. The van der Waals surface area contributed by atoms with Crippen molar-refractivity contribution >= 4 is 0 Å². The first-order valence-electron chi connectivity index (χ1n) is 6.31. The van der Waals surface area contributed by atoms with Gasteiger partial charge in [0.15, 0.2) is 0 Å². The van der Waals surface area contributed by atoms with Crippen LogP contribution in [0.25, 0.3) is 0 Å². The minimum atomic E-state index is -0.750. The number of aryl methyl sites for hydroxylation is 1. The summed E-state index contributed by atoms with van der Waals surface area (Å²) in [4.78, 5) is 0. The van der Waals surface area contributed by atoms with E-state index in [1.54, 1.807) is 6.92 Å². The van der Waals surface area contributed by atoms with E-state index in [-0.39, 0.29) is 0 Å². The average Bonchev–Trinajstić information content (AvgIpc) is 2.27. The first-order valence-corrected chi connectivity index (χ1v) is 6.31. The highest BCUT2D eigenvalue weighted by Crippen LogP contribution is 2.25. The molecule has 0 bridgehead atoms. The minimum absolute atomic E-state index is 0.339. The van der Waals surface area contributed by atoms with Crippen LogP contribution in [0.1, 0.15) is 51.2 Å². The molecule has 2 heteroatoms. The number of ether oxygens (including phenoxy) is 1. The van der Waals surface area contributed by atoms with E-state index >= 15 is 0 Å². The topological polar surface area (TPSA) is 29.5 Å². The van der Waals surface area contributed by atoms with Gasteiger partial charge >= 0.3 is 0 Å². The highest BCUT2D eigenvalue weighted by Gasteiger charge is 2.19.